The monoisotopic (exact) mass is 281 g/mol. The van der Waals surface area contributed by atoms with Crippen LogP contribution in [0.4, 0.5) is 0 Å². The third-order valence-electron chi connectivity index (χ3n) is 2.85. The van der Waals surface area contributed by atoms with E-state index in [1.165, 1.54) is 0 Å². The fraction of sp³-hybridized carbons (Fsp3) is 0.429. The maximum atomic E-state index is 11.9. The predicted molar refractivity (Wildman–Crippen MR) is 76.6 cm³/mol. The van der Waals surface area contributed by atoms with Crippen molar-refractivity contribution >= 4 is 23.6 Å². The summed E-state index contributed by atoms with van der Waals surface area (Å²) in [7, 11) is 0. The second kappa shape index (κ2) is 7.84. The molecular formula is C14H19NO3S. The van der Waals surface area contributed by atoms with Crippen LogP contribution in [0, 0.1) is 5.92 Å². The van der Waals surface area contributed by atoms with Gasteiger partial charge in [0.2, 0.25) is 0 Å². The van der Waals surface area contributed by atoms with Crippen LogP contribution in [0.15, 0.2) is 29.2 Å². The summed E-state index contributed by atoms with van der Waals surface area (Å²) in [6.07, 6.45) is 3.33. The summed E-state index contributed by atoms with van der Waals surface area (Å²) in [5.74, 6) is -1.60. The van der Waals surface area contributed by atoms with Gasteiger partial charge in [0.15, 0.2) is 0 Å². The second-order valence-electron chi connectivity index (χ2n) is 4.26. The van der Waals surface area contributed by atoms with Gasteiger partial charge in [-0.25, -0.2) is 0 Å². The van der Waals surface area contributed by atoms with E-state index in [0.29, 0.717) is 12.0 Å². The first kappa shape index (κ1) is 15.6. The van der Waals surface area contributed by atoms with Crippen molar-refractivity contribution in [1.29, 1.82) is 0 Å². The second-order valence-corrected chi connectivity index (χ2v) is 5.14. The highest BCUT2D eigenvalue weighted by Gasteiger charge is 2.17. The van der Waals surface area contributed by atoms with Gasteiger partial charge in [0.05, 0.1) is 5.92 Å². The summed E-state index contributed by atoms with van der Waals surface area (Å²) in [5, 5.41) is 11.7. The molecule has 0 saturated carbocycles. The third kappa shape index (κ3) is 4.95. The van der Waals surface area contributed by atoms with Crippen LogP contribution in [-0.4, -0.2) is 29.8 Å². The van der Waals surface area contributed by atoms with Crippen molar-refractivity contribution in [3.8, 4) is 0 Å². The standard InChI is InChI=1S/C14H19NO3S/c1-3-4-11(14(17)18)9-15-13(16)10-5-7-12(19-2)8-6-10/h5-8,11H,3-4,9H2,1-2H3,(H,15,16)(H,17,18). The Kier molecular flexibility index (Phi) is 6.42. The van der Waals surface area contributed by atoms with Gasteiger partial charge >= 0.3 is 5.97 Å². The molecule has 2 N–H and O–H groups in total. The molecule has 19 heavy (non-hydrogen) atoms. The van der Waals surface area contributed by atoms with Crippen molar-refractivity contribution < 1.29 is 14.7 Å². The van der Waals surface area contributed by atoms with Gasteiger partial charge in [0.1, 0.15) is 0 Å². The average molecular weight is 281 g/mol. The van der Waals surface area contributed by atoms with Gasteiger partial charge in [0, 0.05) is 17.0 Å². The Bertz CT molecular complexity index is 431. The predicted octanol–water partition coefficient (Wildman–Crippen LogP) is 2.64. The number of rotatable bonds is 7. The van der Waals surface area contributed by atoms with E-state index in [1.54, 1.807) is 23.9 Å². The molecule has 0 spiro atoms. The molecule has 1 atom stereocenters. The van der Waals surface area contributed by atoms with Crippen molar-refractivity contribution in [3.63, 3.8) is 0 Å². The van der Waals surface area contributed by atoms with E-state index in [4.69, 9.17) is 5.11 Å². The van der Waals surface area contributed by atoms with Crippen LogP contribution in [0.25, 0.3) is 0 Å². The molecule has 104 valence electrons. The molecule has 0 aliphatic carbocycles. The highest BCUT2D eigenvalue weighted by molar-refractivity contribution is 7.98. The van der Waals surface area contributed by atoms with Crippen molar-refractivity contribution in [2.45, 2.75) is 24.7 Å². The zero-order valence-electron chi connectivity index (χ0n) is 11.2. The lowest BCUT2D eigenvalue weighted by molar-refractivity contribution is -0.141. The Balaban J connectivity index is 2.56. The summed E-state index contributed by atoms with van der Waals surface area (Å²) < 4.78 is 0. The lowest BCUT2D eigenvalue weighted by Gasteiger charge is -2.12. The lowest BCUT2D eigenvalue weighted by atomic mass is 10.0. The number of carboxylic acid groups (broad SMARTS) is 1. The molecule has 1 aromatic rings. The number of hydrogen-bond acceptors (Lipinski definition) is 3. The minimum absolute atomic E-state index is 0.173. The van der Waals surface area contributed by atoms with E-state index in [2.05, 4.69) is 5.32 Å². The Labute approximate surface area is 117 Å². The molecule has 4 nitrogen and oxygen atoms in total. The molecule has 0 saturated heterocycles. The molecule has 5 heteroatoms. The third-order valence-corrected chi connectivity index (χ3v) is 3.59. The van der Waals surface area contributed by atoms with Gasteiger partial charge in [-0.05, 0) is 36.9 Å². The van der Waals surface area contributed by atoms with Crippen molar-refractivity contribution in [1.82, 2.24) is 5.32 Å². The maximum Gasteiger partial charge on any atom is 0.308 e. The van der Waals surface area contributed by atoms with E-state index in [0.717, 1.165) is 11.3 Å². The minimum Gasteiger partial charge on any atom is -0.481 e. The molecule has 1 rings (SSSR count). The Morgan fingerprint density at radius 1 is 1.32 bits per heavy atom. The quantitative estimate of drug-likeness (QED) is 0.754. The smallest absolute Gasteiger partial charge is 0.308 e. The van der Waals surface area contributed by atoms with E-state index in [1.807, 2.05) is 25.3 Å². The Hall–Kier alpha value is -1.49. The highest BCUT2D eigenvalue weighted by atomic mass is 32.2. The topological polar surface area (TPSA) is 66.4 Å². The fourth-order valence-electron chi connectivity index (χ4n) is 1.72. The van der Waals surface area contributed by atoms with Crippen molar-refractivity contribution in [3.05, 3.63) is 29.8 Å². The first-order valence-electron chi connectivity index (χ1n) is 6.23. The molecule has 0 radical (unpaired) electrons. The normalized spacial score (nSPS) is 11.9. The zero-order valence-corrected chi connectivity index (χ0v) is 12.0. The summed E-state index contributed by atoms with van der Waals surface area (Å²) in [6, 6.07) is 7.24. The number of thioether (sulfide) groups is 1. The molecule has 1 unspecified atom stereocenters. The molecule has 0 heterocycles. The van der Waals surface area contributed by atoms with E-state index >= 15 is 0 Å². The maximum absolute atomic E-state index is 11.9. The van der Waals surface area contributed by atoms with Crippen LogP contribution < -0.4 is 5.32 Å². The molecule has 0 aliphatic rings. The highest BCUT2D eigenvalue weighted by Crippen LogP contribution is 2.15. The first-order chi connectivity index (χ1) is 9.08. The molecule has 1 aromatic carbocycles. The first-order valence-corrected chi connectivity index (χ1v) is 7.46. The summed E-state index contributed by atoms with van der Waals surface area (Å²) in [6.45, 7) is 2.10. The van der Waals surface area contributed by atoms with E-state index < -0.39 is 11.9 Å². The average Bonchev–Trinajstić information content (AvgIpc) is 2.42. The van der Waals surface area contributed by atoms with Crippen LogP contribution in [0.3, 0.4) is 0 Å². The van der Waals surface area contributed by atoms with Crippen LogP contribution in [-0.2, 0) is 4.79 Å². The number of carbonyl (C=O) groups is 2. The summed E-state index contributed by atoms with van der Waals surface area (Å²) >= 11 is 1.61. The molecule has 1 amide bonds. The van der Waals surface area contributed by atoms with Gasteiger partial charge in [-0.3, -0.25) is 9.59 Å². The minimum atomic E-state index is -0.861. The van der Waals surface area contributed by atoms with E-state index in [9.17, 15) is 9.59 Å². The number of amides is 1. The van der Waals surface area contributed by atoms with Gasteiger partial charge < -0.3 is 10.4 Å². The number of benzene rings is 1. The Morgan fingerprint density at radius 3 is 2.42 bits per heavy atom. The number of carboxylic acids is 1. The molecular weight excluding hydrogens is 262 g/mol. The van der Waals surface area contributed by atoms with Crippen LogP contribution in [0.2, 0.25) is 0 Å². The van der Waals surface area contributed by atoms with Gasteiger partial charge in [0.25, 0.3) is 5.91 Å². The fourth-order valence-corrected chi connectivity index (χ4v) is 2.13. The molecule has 0 aromatic heterocycles. The Morgan fingerprint density at radius 2 is 1.95 bits per heavy atom. The van der Waals surface area contributed by atoms with Crippen LogP contribution in [0.1, 0.15) is 30.1 Å². The van der Waals surface area contributed by atoms with Gasteiger partial charge in [-0.15, -0.1) is 11.8 Å². The largest absolute Gasteiger partial charge is 0.481 e. The molecule has 0 aliphatic heterocycles. The summed E-state index contributed by atoms with van der Waals surface area (Å²) in [5.41, 5.74) is 0.554. The molecule has 0 bridgehead atoms. The van der Waals surface area contributed by atoms with Crippen molar-refractivity contribution in [2.24, 2.45) is 5.92 Å². The van der Waals surface area contributed by atoms with Crippen LogP contribution >= 0.6 is 11.8 Å². The summed E-state index contributed by atoms with van der Waals surface area (Å²) in [4.78, 5) is 23.9. The molecule has 0 fully saturated rings. The van der Waals surface area contributed by atoms with Gasteiger partial charge in [-0.1, -0.05) is 13.3 Å². The number of aliphatic carboxylic acids is 1. The van der Waals surface area contributed by atoms with Crippen LogP contribution in [0.5, 0.6) is 0 Å². The number of carbonyl (C=O) groups excluding carboxylic acids is 1. The lowest BCUT2D eigenvalue weighted by Crippen LogP contribution is -2.32. The van der Waals surface area contributed by atoms with E-state index in [-0.39, 0.29) is 12.5 Å². The van der Waals surface area contributed by atoms with Crippen molar-refractivity contribution in [2.75, 3.05) is 12.8 Å². The SMILES string of the molecule is CCCC(CNC(=O)c1ccc(SC)cc1)C(=O)O. The zero-order chi connectivity index (χ0) is 14.3. The number of hydrogen-bond donors (Lipinski definition) is 2. The number of nitrogens with one attached hydrogen (secondary N) is 1. The van der Waals surface area contributed by atoms with Gasteiger partial charge in [-0.2, -0.15) is 0 Å².